The minimum Gasteiger partial charge on any atom is -0.461 e. The standard InChI is InChI=1S/C30H33N7O3/c1-20-28(22-16-31-35(2)17-22)34-37(23-10-5-4-6-11-23)29(20)33-30(38)32-25-19-36(13-14-39-3)18-24(25)27-15-21-9-7-8-12-26(21)40-27/h4-12,15-17,24-25H,13-14,18-19H2,1-3H3,(H2,32,33,38)/t24-,25-/m1/s1. The van der Waals surface area contributed by atoms with Crippen LogP contribution >= 0.6 is 0 Å². The fourth-order valence-electron chi connectivity index (χ4n) is 5.44. The van der Waals surface area contributed by atoms with E-state index in [0.717, 1.165) is 52.3 Å². The van der Waals surface area contributed by atoms with Crippen LogP contribution in [0.4, 0.5) is 10.6 Å². The molecule has 2 amide bonds. The molecule has 2 N–H and O–H groups in total. The number of furan rings is 1. The fourth-order valence-corrected chi connectivity index (χ4v) is 5.44. The lowest BCUT2D eigenvalue weighted by Crippen LogP contribution is -2.42. The Kier molecular flexibility index (Phi) is 7.10. The van der Waals surface area contributed by atoms with Gasteiger partial charge >= 0.3 is 6.03 Å². The lowest BCUT2D eigenvalue weighted by Gasteiger charge is -2.19. The predicted octanol–water partition coefficient (Wildman–Crippen LogP) is 4.56. The Hall–Kier alpha value is -4.41. The van der Waals surface area contributed by atoms with Crippen LogP contribution in [0, 0.1) is 6.92 Å². The molecule has 3 aromatic heterocycles. The molecule has 0 saturated carbocycles. The zero-order valence-corrected chi connectivity index (χ0v) is 22.9. The number of anilines is 1. The van der Waals surface area contributed by atoms with Crippen molar-refractivity contribution < 1.29 is 13.9 Å². The Bertz CT molecular complexity index is 1590. The molecule has 0 aliphatic carbocycles. The molecule has 0 bridgehead atoms. The molecule has 1 aliphatic heterocycles. The number of nitrogens with one attached hydrogen (secondary N) is 2. The van der Waals surface area contributed by atoms with Crippen LogP contribution in [0.3, 0.4) is 0 Å². The van der Waals surface area contributed by atoms with Gasteiger partial charge in [0.1, 0.15) is 22.9 Å². The highest BCUT2D eigenvalue weighted by molar-refractivity contribution is 5.91. The number of aryl methyl sites for hydroxylation is 1. The summed E-state index contributed by atoms with van der Waals surface area (Å²) in [4.78, 5) is 15.9. The van der Waals surface area contributed by atoms with Crippen LogP contribution < -0.4 is 10.6 Å². The number of amides is 2. The number of aromatic nitrogens is 4. The highest BCUT2D eigenvalue weighted by atomic mass is 16.5. The molecule has 4 heterocycles. The number of ether oxygens (including phenoxy) is 1. The second-order valence-corrected chi connectivity index (χ2v) is 10.2. The summed E-state index contributed by atoms with van der Waals surface area (Å²) >= 11 is 0. The highest BCUT2D eigenvalue weighted by Crippen LogP contribution is 2.33. The monoisotopic (exact) mass is 539 g/mol. The minimum atomic E-state index is -0.294. The van der Waals surface area contributed by atoms with E-state index in [1.807, 2.05) is 74.8 Å². The molecule has 1 fully saturated rings. The quantitative estimate of drug-likeness (QED) is 0.300. The van der Waals surface area contributed by atoms with Crippen molar-refractivity contribution >= 4 is 22.8 Å². The number of methoxy groups -OCH3 is 1. The third-order valence-electron chi connectivity index (χ3n) is 7.47. The van der Waals surface area contributed by atoms with Crippen LogP contribution in [0.2, 0.25) is 0 Å². The topological polar surface area (TPSA) is 102 Å². The molecular weight excluding hydrogens is 506 g/mol. The summed E-state index contributed by atoms with van der Waals surface area (Å²) in [5.41, 5.74) is 4.20. The second kappa shape index (κ2) is 11.0. The van der Waals surface area contributed by atoms with Gasteiger partial charge in [-0.3, -0.25) is 14.9 Å². The van der Waals surface area contributed by atoms with Gasteiger partial charge in [-0.15, -0.1) is 0 Å². The molecule has 10 heteroatoms. The van der Waals surface area contributed by atoms with E-state index in [-0.39, 0.29) is 18.0 Å². The normalized spacial score (nSPS) is 17.5. The van der Waals surface area contributed by atoms with Gasteiger partial charge in [0.2, 0.25) is 0 Å². The first kappa shape index (κ1) is 25.8. The Balaban J connectivity index is 1.28. The lowest BCUT2D eigenvalue weighted by molar-refractivity contribution is 0.159. The Labute approximate surface area is 232 Å². The Morgan fingerprint density at radius 2 is 1.93 bits per heavy atom. The van der Waals surface area contributed by atoms with Crippen molar-refractivity contribution in [1.29, 1.82) is 0 Å². The average Bonchev–Trinajstić information content (AvgIpc) is 3.74. The summed E-state index contributed by atoms with van der Waals surface area (Å²) in [6.45, 7) is 4.82. The van der Waals surface area contributed by atoms with Gasteiger partial charge in [-0.05, 0) is 31.2 Å². The van der Waals surface area contributed by atoms with Crippen molar-refractivity contribution in [3.05, 3.63) is 84.4 Å². The summed E-state index contributed by atoms with van der Waals surface area (Å²) in [7, 11) is 3.57. The summed E-state index contributed by atoms with van der Waals surface area (Å²) in [5, 5.41) is 16.6. The van der Waals surface area contributed by atoms with E-state index < -0.39 is 0 Å². The molecular formula is C30H33N7O3. The number of carbonyl (C=O) groups is 1. The number of hydrogen-bond donors (Lipinski definition) is 2. The van der Waals surface area contributed by atoms with E-state index in [9.17, 15) is 4.79 Å². The fraction of sp³-hybridized carbons (Fsp3) is 0.300. The molecule has 0 spiro atoms. The van der Waals surface area contributed by atoms with E-state index in [2.05, 4.69) is 26.7 Å². The number of carbonyl (C=O) groups excluding carboxylic acids is 1. The van der Waals surface area contributed by atoms with Crippen molar-refractivity contribution in [2.45, 2.75) is 18.9 Å². The van der Waals surface area contributed by atoms with E-state index in [4.69, 9.17) is 14.3 Å². The summed E-state index contributed by atoms with van der Waals surface area (Å²) in [6.07, 6.45) is 3.69. The highest BCUT2D eigenvalue weighted by Gasteiger charge is 2.37. The van der Waals surface area contributed by atoms with Gasteiger partial charge in [0.25, 0.3) is 0 Å². The van der Waals surface area contributed by atoms with E-state index in [1.54, 1.807) is 22.7 Å². The van der Waals surface area contributed by atoms with E-state index in [1.165, 1.54) is 0 Å². The number of urea groups is 1. The van der Waals surface area contributed by atoms with Crippen LogP contribution in [0.25, 0.3) is 27.9 Å². The van der Waals surface area contributed by atoms with Gasteiger partial charge in [-0.1, -0.05) is 36.4 Å². The lowest BCUT2D eigenvalue weighted by atomic mass is 10.0. The van der Waals surface area contributed by atoms with Crippen LogP contribution in [0.15, 0.2) is 77.5 Å². The largest absolute Gasteiger partial charge is 0.461 e. The van der Waals surface area contributed by atoms with Crippen molar-refractivity contribution in [1.82, 2.24) is 29.8 Å². The second-order valence-electron chi connectivity index (χ2n) is 10.2. The van der Waals surface area contributed by atoms with Gasteiger partial charge in [-0.25, -0.2) is 9.48 Å². The van der Waals surface area contributed by atoms with Crippen LogP contribution in [-0.4, -0.2) is 69.9 Å². The third-order valence-corrected chi connectivity index (χ3v) is 7.47. The van der Waals surface area contributed by atoms with Crippen LogP contribution in [-0.2, 0) is 11.8 Å². The maximum atomic E-state index is 13.6. The first-order valence-electron chi connectivity index (χ1n) is 13.4. The zero-order chi connectivity index (χ0) is 27.6. The molecule has 0 radical (unpaired) electrons. The third kappa shape index (κ3) is 5.11. The molecule has 2 atom stereocenters. The number of rotatable bonds is 8. The molecule has 5 aromatic rings. The predicted molar refractivity (Wildman–Crippen MR) is 154 cm³/mol. The number of fused-ring (bicyclic) bond motifs is 1. The first-order valence-corrected chi connectivity index (χ1v) is 13.4. The molecule has 0 unspecified atom stereocenters. The molecule has 1 aliphatic rings. The number of benzene rings is 2. The van der Waals surface area contributed by atoms with Crippen molar-refractivity contribution in [2.75, 3.05) is 38.7 Å². The minimum absolute atomic E-state index is 0.00101. The van der Waals surface area contributed by atoms with Gasteiger partial charge in [0.15, 0.2) is 0 Å². The first-order chi connectivity index (χ1) is 19.5. The van der Waals surface area contributed by atoms with Crippen LogP contribution in [0.5, 0.6) is 0 Å². The summed E-state index contributed by atoms with van der Waals surface area (Å²) < 4.78 is 15.1. The smallest absolute Gasteiger partial charge is 0.320 e. The van der Waals surface area contributed by atoms with Gasteiger partial charge in [-0.2, -0.15) is 10.2 Å². The van der Waals surface area contributed by atoms with E-state index in [0.29, 0.717) is 19.0 Å². The molecule has 40 heavy (non-hydrogen) atoms. The number of nitrogens with zero attached hydrogens (tertiary/aromatic N) is 5. The average molecular weight is 540 g/mol. The zero-order valence-electron chi connectivity index (χ0n) is 22.9. The summed E-state index contributed by atoms with van der Waals surface area (Å²) in [6, 6.07) is 19.4. The molecule has 10 nitrogen and oxygen atoms in total. The molecule has 206 valence electrons. The Morgan fingerprint density at radius 3 is 2.67 bits per heavy atom. The molecule has 2 aromatic carbocycles. The van der Waals surface area contributed by atoms with Gasteiger partial charge in [0.05, 0.1) is 30.5 Å². The number of para-hydroxylation sites is 2. The molecule has 1 saturated heterocycles. The maximum absolute atomic E-state index is 13.6. The SMILES string of the molecule is COCCN1C[C@@H](NC(=O)Nc2c(C)c(-c3cnn(C)c3)nn2-c2ccccc2)[C@H](c2cc3ccccc3o2)C1. The van der Waals surface area contributed by atoms with E-state index >= 15 is 0 Å². The molecule has 6 rings (SSSR count). The van der Waals surface area contributed by atoms with Crippen molar-refractivity contribution in [2.24, 2.45) is 7.05 Å². The summed E-state index contributed by atoms with van der Waals surface area (Å²) in [5.74, 6) is 1.48. The number of hydrogen-bond acceptors (Lipinski definition) is 6. The Morgan fingerprint density at radius 1 is 1.12 bits per heavy atom. The van der Waals surface area contributed by atoms with Crippen molar-refractivity contribution in [3.63, 3.8) is 0 Å². The number of likely N-dealkylation sites (tertiary alicyclic amines) is 1. The van der Waals surface area contributed by atoms with Crippen molar-refractivity contribution in [3.8, 4) is 16.9 Å². The van der Waals surface area contributed by atoms with Gasteiger partial charge < -0.3 is 14.5 Å². The van der Waals surface area contributed by atoms with Crippen LogP contribution in [0.1, 0.15) is 17.2 Å². The van der Waals surface area contributed by atoms with Gasteiger partial charge in [0, 0.05) is 56.5 Å². The maximum Gasteiger partial charge on any atom is 0.320 e.